The molecule has 1 heterocycles. The Morgan fingerprint density at radius 3 is 2.71 bits per heavy atom. The van der Waals surface area contributed by atoms with E-state index in [9.17, 15) is 18.4 Å². The van der Waals surface area contributed by atoms with Gasteiger partial charge in [-0.25, -0.2) is 8.78 Å². The Morgan fingerprint density at radius 1 is 1.53 bits per heavy atom. The predicted molar refractivity (Wildman–Crippen MR) is 57.1 cm³/mol. The minimum atomic E-state index is -2.77. The Morgan fingerprint density at radius 2 is 2.18 bits per heavy atom. The summed E-state index contributed by atoms with van der Waals surface area (Å²) in [5.41, 5.74) is -0.577. The smallest absolute Gasteiger partial charge is 0.310 e. The van der Waals surface area contributed by atoms with Crippen molar-refractivity contribution in [2.24, 2.45) is 0 Å². The highest BCUT2D eigenvalue weighted by Gasteiger charge is 2.15. The number of aromatic amines is 1. The van der Waals surface area contributed by atoms with Crippen molar-refractivity contribution in [3.8, 4) is 0 Å². The molecule has 1 aromatic heterocycles. The van der Waals surface area contributed by atoms with Gasteiger partial charge in [0.25, 0.3) is 12.0 Å². The molecule has 1 rings (SSSR count). The highest BCUT2D eigenvalue weighted by Crippen LogP contribution is 2.17. The van der Waals surface area contributed by atoms with Crippen molar-refractivity contribution in [3.05, 3.63) is 33.2 Å². The van der Waals surface area contributed by atoms with Crippen LogP contribution >= 0.6 is 0 Å². The first-order chi connectivity index (χ1) is 7.95. The molecule has 1 aromatic rings. The molecular weight excluding hydrogens is 232 g/mol. The average molecular weight is 245 g/mol. The fraction of sp³-hybridized carbons (Fsp3) is 0.455. The number of halogens is 2. The quantitative estimate of drug-likeness (QED) is 0.822. The standard InChI is InChI=1S/C11H13F2NO3/c1-3-17-9(15)5-7-4-8(10(12)13)14-11(16)6(7)2/h4,10H,3,5H2,1-2H3,(H,14,16). The van der Waals surface area contributed by atoms with Crippen LogP contribution in [-0.2, 0) is 16.0 Å². The summed E-state index contributed by atoms with van der Waals surface area (Å²) in [6, 6.07) is 1.12. The summed E-state index contributed by atoms with van der Waals surface area (Å²) in [6.07, 6.45) is -2.95. The van der Waals surface area contributed by atoms with E-state index in [0.29, 0.717) is 0 Å². The second-order valence-electron chi connectivity index (χ2n) is 3.49. The number of hydrogen-bond acceptors (Lipinski definition) is 3. The second kappa shape index (κ2) is 5.56. The van der Waals surface area contributed by atoms with Gasteiger partial charge in [0.05, 0.1) is 18.7 Å². The normalized spacial score (nSPS) is 10.6. The van der Waals surface area contributed by atoms with Gasteiger partial charge >= 0.3 is 5.97 Å². The van der Waals surface area contributed by atoms with E-state index in [1.54, 1.807) is 6.92 Å². The number of rotatable bonds is 4. The largest absolute Gasteiger partial charge is 0.466 e. The molecule has 94 valence electrons. The molecule has 6 heteroatoms. The van der Waals surface area contributed by atoms with Gasteiger partial charge < -0.3 is 9.72 Å². The van der Waals surface area contributed by atoms with Crippen LogP contribution in [0.15, 0.2) is 10.9 Å². The van der Waals surface area contributed by atoms with Crippen LogP contribution in [0.2, 0.25) is 0 Å². The number of H-pyrrole nitrogens is 1. The molecule has 0 saturated heterocycles. The third-order valence-corrected chi connectivity index (χ3v) is 2.29. The van der Waals surface area contributed by atoms with Crippen molar-refractivity contribution in [2.45, 2.75) is 26.7 Å². The van der Waals surface area contributed by atoms with Gasteiger partial charge in [0.1, 0.15) is 0 Å². The predicted octanol–water partition coefficient (Wildman–Crippen LogP) is 1.73. The van der Waals surface area contributed by atoms with Gasteiger partial charge in [0.2, 0.25) is 0 Å². The first kappa shape index (κ1) is 13.3. The van der Waals surface area contributed by atoms with Crippen molar-refractivity contribution in [1.82, 2.24) is 4.98 Å². The highest BCUT2D eigenvalue weighted by molar-refractivity contribution is 5.73. The number of carbonyl (C=O) groups excluding carboxylic acids is 1. The average Bonchev–Trinajstić information content (AvgIpc) is 2.24. The van der Waals surface area contributed by atoms with Gasteiger partial charge in [-0.3, -0.25) is 9.59 Å². The van der Waals surface area contributed by atoms with E-state index < -0.39 is 23.6 Å². The Bertz CT molecular complexity index is 468. The van der Waals surface area contributed by atoms with Crippen LogP contribution in [0.25, 0.3) is 0 Å². The molecule has 0 aliphatic rings. The van der Waals surface area contributed by atoms with Crippen LogP contribution in [-0.4, -0.2) is 17.6 Å². The summed E-state index contributed by atoms with van der Waals surface area (Å²) in [4.78, 5) is 24.7. The highest BCUT2D eigenvalue weighted by atomic mass is 19.3. The van der Waals surface area contributed by atoms with E-state index in [2.05, 4.69) is 4.98 Å². The Labute approximate surface area is 96.6 Å². The molecular formula is C11H13F2NO3. The zero-order valence-corrected chi connectivity index (χ0v) is 9.55. The van der Waals surface area contributed by atoms with Gasteiger partial charge in [-0.2, -0.15) is 0 Å². The van der Waals surface area contributed by atoms with Crippen molar-refractivity contribution in [1.29, 1.82) is 0 Å². The van der Waals surface area contributed by atoms with Crippen LogP contribution in [0.1, 0.15) is 30.2 Å². The Balaban J connectivity index is 3.06. The third-order valence-electron chi connectivity index (χ3n) is 2.29. The fourth-order valence-corrected chi connectivity index (χ4v) is 1.37. The zero-order chi connectivity index (χ0) is 13.0. The lowest BCUT2D eigenvalue weighted by Gasteiger charge is -2.07. The molecule has 0 spiro atoms. The van der Waals surface area contributed by atoms with Crippen molar-refractivity contribution >= 4 is 5.97 Å². The first-order valence-electron chi connectivity index (χ1n) is 5.12. The van der Waals surface area contributed by atoms with Crippen LogP contribution in [0.5, 0.6) is 0 Å². The number of esters is 1. The summed E-state index contributed by atoms with van der Waals surface area (Å²) < 4.78 is 29.6. The molecule has 0 amide bonds. The summed E-state index contributed by atoms with van der Waals surface area (Å²) in [5.74, 6) is -0.540. The lowest BCUT2D eigenvalue weighted by atomic mass is 10.1. The van der Waals surface area contributed by atoms with Crippen LogP contribution in [0.3, 0.4) is 0 Å². The van der Waals surface area contributed by atoms with Gasteiger partial charge in [-0.05, 0) is 25.5 Å². The van der Waals surface area contributed by atoms with E-state index in [1.807, 2.05) is 0 Å². The van der Waals surface area contributed by atoms with E-state index in [1.165, 1.54) is 6.92 Å². The molecule has 1 N–H and O–H groups in total. The van der Waals surface area contributed by atoms with Gasteiger partial charge in [-0.1, -0.05) is 0 Å². The van der Waals surface area contributed by atoms with Crippen molar-refractivity contribution in [3.63, 3.8) is 0 Å². The molecule has 0 radical (unpaired) electrons. The second-order valence-corrected chi connectivity index (χ2v) is 3.49. The maximum absolute atomic E-state index is 12.5. The molecule has 17 heavy (non-hydrogen) atoms. The molecule has 0 unspecified atom stereocenters. The number of nitrogens with one attached hydrogen (secondary N) is 1. The van der Waals surface area contributed by atoms with Crippen LogP contribution in [0, 0.1) is 6.92 Å². The molecule has 0 saturated carbocycles. The lowest BCUT2D eigenvalue weighted by molar-refractivity contribution is -0.142. The van der Waals surface area contributed by atoms with Crippen molar-refractivity contribution < 1.29 is 18.3 Å². The van der Waals surface area contributed by atoms with E-state index >= 15 is 0 Å². The van der Waals surface area contributed by atoms with Crippen LogP contribution in [0.4, 0.5) is 8.78 Å². The number of aromatic nitrogens is 1. The van der Waals surface area contributed by atoms with E-state index in [4.69, 9.17) is 4.74 Å². The maximum Gasteiger partial charge on any atom is 0.310 e. The molecule has 0 aliphatic heterocycles. The number of alkyl halides is 2. The topological polar surface area (TPSA) is 59.2 Å². The Hall–Kier alpha value is -1.72. The minimum Gasteiger partial charge on any atom is -0.466 e. The van der Waals surface area contributed by atoms with Gasteiger partial charge in [0, 0.05) is 5.56 Å². The van der Waals surface area contributed by atoms with Crippen molar-refractivity contribution in [2.75, 3.05) is 6.61 Å². The number of ether oxygens (including phenoxy) is 1. The molecule has 0 fully saturated rings. The molecule has 0 atom stereocenters. The van der Waals surface area contributed by atoms with Gasteiger partial charge in [-0.15, -0.1) is 0 Å². The summed E-state index contributed by atoms with van der Waals surface area (Å²) in [5, 5.41) is 0. The lowest BCUT2D eigenvalue weighted by Crippen LogP contribution is -2.18. The molecule has 0 bridgehead atoms. The van der Waals surface area contributed by atoms with E-state index in [0.717, 1.165) is 6.07 Å². The zero-order valence-electron chi connectivity index (χ0n) is 9.55. The minimum absolute atomic E-state index is 0.177. The number of carbonyl (C=O) groups is 1. The summed E-state index contributed by atoms with van der Waals surface area (Å²) in [6.45, 7) is 3.33. The number of pyridine rings is 1. The molecule has 0 aliphatic carbocycles. The Kier molecular flexibility index (Phi) is 4.37. The SMILES string of the molecule is CCOC(=O)Cc1cc(C(F)F)[nH]c(=O)c1C. The van der Waals surface area contributed by atoms with Crippen LogP contribution < -0.4 is 5.56 Å². The molecule has 0 aromatic carbocycles. The van der Waals surface area contributed by atoms with Gasteiger partial charge in [0.15, 0.2) is 0 Å². The third kappa shape index (κ3) is 3.37. The fourth-order valence-electron chi connectivity index (χ4n) is 1.37. The first-order valence-corrected chi connectivity index (χ1v) is 5.12. The maximum atomic E-state index is 12.5. The number of hydrogen-bond donors (Lipinski definition) is 1. The molecule has 4 nitrogen and oxygen atoms in total. The van der Waals surface area contributed by atoms with E-state index in [-0.39, 0.29) is 24.2 Å². The monoisotopic (exact) mass is 245 g/mol. The summed E-state index contributed by atoms with van der Waals surface area (Å²) >= 11 is 0. The summed E-state index contributed by atoms with van der Waals surface area (Å²) in [7, 11) is 0.